The summed E-state index contributed by atoms with van der Waals surface area (Å²) in [6.45, 7) is 4.34. The number of hydrogen-bond acceptors (Lipinski definition) is 3. The van der Waals surface area contributed by atoms with Gasteiger partial charge in [-0.2, -0.15) is 0 Å². The van der Waals surface area contributed by atoms with E-state index in [1.165, 1.54) is 17.8 Å². The number of alkyl halides is 1. The van der Waals surface area contributed by atoms with Crippen LogP contribution in [0, 0.1) is 18.8 Å². The van der Waals surface area contributed by atoms with Crippen molar-refractivity contribution in [2.45, 2.75) is 44.9 Å². The predicted octanol–water partition coefficient (Wildman–Crippen LogP) is 3.43. The number of aryl methyl sites for hydroxylation is 1. The minimum absolute atomic E-state index is 0.375. The molecule has 0 radical (unpaired) electrons. The van der Waals surface area contributed by atoms with Crippen molar-refractivity contribution in [3.05, 3.63) is 10.0 Å². The van der Waals surface area contributed by atoms with E-state index in [1.54, 1.807) is 11.3 Å². The van der Waals surface area contributed by atoms with Crippen LogP contribution in [-0.2, 0) is 6.42 Å². The van der Waals surface area contributed by atoms with E-state index in [-0.39, 0.29) is 0 Å². The Morgan fingerprint density at radius 2 is 2.20 bits per heavy atom. The van der Waals surface area contributed by atoms with Crippen LogP contribution in [0.1, 0.15) is 36.2 Å². The minimum atomic E-state index is 0.375. The van der Waals surface area contributed by atoms with Crippen molar-refractivity contribution in [3.63, 3.8) is 0 Å². The number of halogens is 1. The highest BCUT2D eigenvalue weighted by atomic mass is 35.5. The number of rotatable bonds is 2. The van der Waals surface area contributed by atoms with Crippen LogP contribution in [0.4, 0.5) is 0 Å². The SMILES string of the molecule is Cc1nnc(CC2CC(Cl)CCC2C)s1. The molecular weight excluding hydrogens is 228 g/mol. The van der Waals surface area contributed by atoms with E-state index in [9.17, 15) is 0 Å². The maximum atomic E-state index is 6.22. The molecule has 2 rings (SSSR count). The quantitative estimate of drug-likeness (QED) is 0.745. The van der Waals surface area contributed by atoms with Gasteiger partial charge in [0.2, 0.25) is 0 Å². The van der Waals surface area contributed by atoms with Gasteiger partial charge in [-0.25, -0.2) is 0 Å². The molecule has 0 amide bonds. The van der Waals surface area contributed by atoms with Crippen molar-refractivity contribution in [1.82, 2.24) is 10.2 Å². The van der Waals surface area contributed by atoms with Gasteiger partial charge in [-0.1, -0.05) is 6.92 Å². The lowest BCUT2D eigenvalue weighted by molar-refractivity contribution is 0.258. The number of hydrogen-bond donors (Lipinski definition) is 0. The molecule has 1 aliphatic rings. The zero-order valence-electron chi connectivity index (χ0n) is 9.24. The Balaban J connectivity index is 1.98. The maximum absolute atomic E-state index is 6.22. The lowest BCUT2D eigenvalue weighted by Gasteiger charge is -2.30. The standard InChI is InChI=1S/C11H17ClN2S/c1-7-3-4-10(12)5-9(7)6-11-14-13-8(2)15-11/h7,9-10H,3-6H2,1-2H3. The average Bonchev–Trinajstić information content (AvgIpc) is 2.58. The van der Waals surface area contributed by atoms with Gasteiger partial charge in [0.05, 0.1) is 0 Å². The van der Waals surface area contributed by atoms with E-state index in [1.807, 2.05) is 6.92 Å². The summed E-state index contributed by atoms with van der Waals surface area (Å²) in [6.07, 6.45) is 4.64. The van der Waals surface area contributed by atoms with Crippen LogP contribution in [-0.4, -0.2) is 15.6 Å². The normalized spacial score (nSPS) is 31.8. The highest BCUT2D eigenvalue weighted by Gasteiger charge is 2.27. The summed E-state index contributed by atoms with van der Waals surface area (Å²) in [7, 11) is 0. The first-order valence-corrected chi connectivity index (χ1v) is 6.83. The van der Waals surface area contributed by atoms with Gasteiger partial charge < -0.3 is 0 Å². The minimum Gasteiger partial charge on any atom is -0.144 e. The smallest absolute Gasteiger partial charge is 0.117 e. The van der Waals surface area contributed by atoms with Crippen LogP contribution in [0.5, 0.6) is 0 Å². The zero-order chi connectivity index (χ0) is 10.8. The predicted molar refractivity (Wildman–Crippen MR) is 64.5 cm³/mol. The summed E-state index contributed by atoms with van der Waals surface area (Å²) in [5.74, 6) is 1.48. The first-order chi connectivity index (χ1) is 7.15. The Labute approximate surface area is 100 Å². The van der Waals surface area contributed by atoms with Crippen LogP contribution in [0.3, 0.4) is 0 Å². The van der Waals surface area contributed by atoms with Gasteiger partial charge in [0.25, 0.3) is 0 Å². The molecule has 0 aliphatic heterocycles. The van der Waals surface area contributed by atoms with Crippen molar-refractivity contribution >= 4 is 22.9 Å². The second kappa shape index (κ2) is 4.79. The molecule has 15 heavy (non-hydrogen) atoms. The van der Waals surface area contributed by atoms with Gasteiger partial charge in [-0.05, 0) is 38.0 Å². The fourth-order valence-electron chi connectivity index (χ4n) is 2.29. The molecule has 3 unspecified atom stereocenters. The summed E-state index contributed by atoms with van der Waals surface area (Å²) in [6, 6.07) is 0. The average molecular weight is 245 g/mol. The van der Waals surface area contributed by atoms with Gasteiger partial charge in [-0.3, -0.25) is 0 Å². The summed E-state index contributed by atoms with van der Waals surface area (Å²) in [5.41, 5.74) is 0. The topological polar surface area (TPSA) is 25.8 Å². The van der Waals surface area contributed by atoms with Crippen LogP contribution < -0.4 is 0 Å². The molecular formula is C11H17ClN2S. The lowest BCUT2D eigenvalue weighted by Crippen LogP contribution is -2.25. The Morgan fingerprint density at radius 1 is 1.40 bits per heavy atom. The molecule has 1 aromatic heterocycles. The Morgan fingerprint density at radius 3 is 2.87 bits per heavy atom. The van der Waals surface area contributed by atoms with Gasteiger partial charge in [-0.15, -0.1) is 33.1 Å². The summed E-state index contributed by atoms with van der Waals surface area (Å²) in [4.78, 5) is 0. The van der Waals surface area contributed by atoms with Crippen LogP contribution >= 0.6 is 22.9 Å². The second-order valence-corrected chi connectivity index (χ2v) is 6.45. The molecule has 0 N–H and O–H groups in total. The van der Waals surface area contributed by atoms with Gasteiger partial charge >= 0.3 is 0 Å². The molecule has 1 heterocycles. The van der Waals surface area contributed by atoms with Crippen LogP contribution in [0.15, 0.2) is 0 Å². The van der Waals surface area contributed by atoms with Crippen molar-refractivity contribution in [2.75, 3.05) is 0 Å². The maximum Gasteiger partial charge on any atom is 0.117 e. The molecule has 4 heteroatoms. The molecule has 1 saturated carbocycles. The first-order valence-electron chi connectivity index (χ1n) is 5.58. The molecule has 0 aromatic carbocycles. The molecule has 84 valence electrons. The van der Waals surface area contributed by atoms with E-state index in [2.05, 4.69) is 17.1 Å². The Bertz CT molecular complexity index is 326. The third-order valence-electron chi connectivity index (χ3n) is 3.30. The van der Waals surface area contributed by atoms with Crippen LogP contribution in [0.25, 0.3) is 0 Å². The Kier molecular flexibility index (Phi) is 3.62. The number of nitrogens with zero attached hydrogens (tertiary/aromatic N) is 2. The molecule has 1 fully saturated rings. The van der Waals surface area contributed by atoms with E-state index in [0.29, 0.717) is 11.3 Å². The number of aromatic nitrogens is 2. The molecule has 0 bridgehead atoms. The van der Waals surface area contributed by atoms with Crippen molar-refractivity contribution in [2.24, 2.45) is 11.8 Å². The molecule has 1 aliphatic carbocycles. The fourth-order valence-corrected chi connectivity index (χ4v) is 3.44. The lowest BCUT2D eigenvalue weighted by atomic mass is 9.78. The van der Waals surface area contributed by atoms with Crippen molar-refractivity contribution in [1.29, 1.82) is 0 Å². The second-order valence-electron chi connectivity index (χ2n) is 4.57. The highest BCUT2D eigenvalue weighted by Crippen LogP contribution is 2.35. The van der Waals surface area contributed by atoms with Crippen LogP contribution in [0.2, 0.25) is 0 Å². The summed E-state index contributed by atoms with van der Waals surface area (Å²) < 4.78 is 0. The van der Waals surface area contributed by atoms with Crippen molar-refractivity contribution < 1.29 is 0 Å². The van der Waals surface area contributed by atoms with Gasteiger partial charge in [0, 0.05) is 11.8 Å². The molecule has 2 nitrogen and oxygen atoms in total. The molecule has 3 atom stereocenters. The van der Waals surface area contributed by atoms with Gasteiger partial charge in [0.1, 0.15) is 10.0 Å². The first kappa shape index (κ1) is 11.3. The summed E-state index contributed by atoms with van der Waals surface area (Å²) in [5, 5.41) is 10.9. The van der Waals surface area contributed by atoms with E-state index in [0.717, 1.165) is 23.8 Å². The van der Waals surface area contributed by atoms with E-state index >= 15 is 0 Å². The van der Waals surface area contributed by atoms with E-state index < -0.39 is 0 Å². The monoisotopic (exact) mass is 244 g/mol. The molecule has 1 aromatic rings. The zero-order valence-corrected chi connectivity index (χ0v) is 10.8. The molecule has 0 saturated heterocycles. The van der Waals surface area contributed by atoms with Crippen molar-refractivity contribution in [3.8, 4) is 0 Å². The largest absolute Gasteiger partial charge is 0.144 e. The fraction of sp³-hybridized carbons (Fsp3) is 0.818. The third-order valence-corrected chi connectivity index (χ3v) is 4.56. The highest BCUT2D eigenvalue weighted by molar-refractivity contribution is 7.11. The van der Waals surface area contributed by atoms with Gasteiger partial charge in [0.15, 0.2) is 0 Å². The summed E-state index contributed by atoms with van der Waals surface area (Å²) >= 11 is 7.93. The Hall–Kier alpha value is -0.150. The molecule has 0 spiro atoms. The van der Waals surface area contributed by atoms with E-state index in [4.69, 9.17) is 11.6 Å². The third kappa shape index (κ3) is 2.91.